The molecule has 0 bridgehead atoms. The molecular formula is C19H32N4O3S. The fraction of sp³-hybridized carbons (Fsp3) is 0.789. The molecule has 2 aliphatic rings. The number of amidine groups is 1. The molecule has 1 saturated carbocycles. The predicted octanol–water partition coefficient (Wildman–Crippen LogP) is 2.12. The highest BCUT2D eigenvalue weighted by molar-refractivity contribution is 8.14. The largest absolute Gasteiger partial charge is 0.352 e. The van der Waals surface area contributed by atoms with E-state index in [-0.39, 0.29) is 17.2 Å². The van der Waals surface area contributed by atoms with Gasteiger partial charge in [-0.05, 0) is 24.7 Å². The maximum atomic E-state index is 12.7. The lowest BCUT2D eigenvalue weighted by molar-refractivity contribution is -0.141. The van der Waals surface area contributed by atoms with Crippen molar-refractivity contribution in [2.75, 3.05) is 19.3 Å². The van der Waals surface area contributed by atoms with Crippen LogP contribution in [0.3, 0.4) is 0 Å². The topological polar surface area (TPSA) is 90.9 Å². The molecule has 0 aromatic rings. The third-order valence-corrected chi connectivity index (χ3v) is 5.93. The van der Waals surface area contributed by atoms with Crippen LogP contribution in [0, 0.1) is 11.3 Å². The molecule has 0 unspecified atom stereocenters. The molecule has 1 aliphatic carbocycles. The van der Waals surface area contributed by atoms with Crippen molar-refractivity contribution in [2.45, 2.75) is 65.3 Å². The highest BCUT2D eigenvalue weighted by Crippen LogP contribution is 2.25. The van der Waals surface area contributed by atoms with Gasteiger partial charge in [0.2, 0.25) is 11.7 Å². The van der Waals surface area contributed by atoms with E-state index >= 15 is 0 Å². The average molecular weight is 397 g/mol. The van der Waals surface area contributed by atoms with Gasteiger partial charge in [-0.1, -0.05) is 51.8 Å². The summed E-state index contributed by atoms with van der Waals surface area (Å²) in [5.74, 6) is -0.669. The SMILES string of the molecule is CN1CCSC1=NNC(=O)C(=O)[C@@H](CC(C)(C)C)NC(=O)C1CCCCC1. The van der Waals surface area contributed by atoms with E-state index in [9.17, 15) is 14.4 Å². The summed E-state index contributed by atoms with van der Waals surface area (Å²) in [7, 11) is 1.89. The Hall–Kier alpha value is -1.57. The second-order valence-corrected chi connectivity index (χ2v) is 9.69. The van der Waals surface area contributed by atoms with E-state index in [1.165, 1.54) is 11.8 Å². The Bertz CT molecular complexity index is 594. The van der Waals surface area contributed by atoms with E-state index in [4.69, 9.17) is 0 Å². The van der Waals surface area contributed by atoms with E-state index in [1.807, 2.05) is 32.7 Å². The predicted molar refractivity (Wildman–Crippen MR) is 108 cm³/mol. The molecule has 0 radical (unpaired) electrons. The third kappa shape index (κ3) is 6.83. The number of ketones is 1. The maximum Gasteiger partial charge on any atom is 0.309 e. The number of carbonyl (C=O) groups excluding carboxylic acids is 3. The zero-order valence-electron chi connectivity index (χ0n) is 16.8. The Morgan fingerprint density at radius 1 is 1.22 bits per heavy atom. The Balaban J connectivity index is 2.01. The summed E-state index contributed by atoms with van der Waals surface area (Å²) >= 11 is 1.53. The Kier molecular flexibility index (Phi) is 7.70. The molecule has 0 aromatic heterocycles. The summed E-state index contributed by atoms with van der Waals surface area (Å²) in [6.45, 7) is 6.82. The Morgan fingerprint density at radius 3 is 2.44 bits per heavy atom. The molecule has 0 spiro atoms. The van der Waals surface area contributed by atoms with Gasteiger partial charge in [0.1, 0.15) is 0 Å². The number of hydrazone groups is 1. The molecule has 2 amide bonds. The van der Waals surface area contributed by atoms with Gasteiger partial charge >= 0.3 is 5.91 Å². The smallest absolute Gasteiger partial charge is 0.309 e. The number of nitrogens with one attached hydrogen (secondary N) is 2. The van der Waals surface area contributed by atoms with Crippen molar-refractivity contribution in [3.8, 4) is 0 Å². The first-order valence-corrected chi connectivity index (χ1v) is 10.7. The van der Waals surface area contributed by atoms with Crippen LogP contribution in [-0.4, -0.2) is 53.1 Å². The fourth-order valence-electron chi connectivity index (χ4n) is 3.39. The summed E-state index contributed by atoms with van der Waals surface area (Å²) in [4.78, 5) is 39.6. The number of amides is 2. The van der Waals surface area contributed by atoms with Crippen molar-refractivity contribution in [2.24, 2.45) is 16.4 Å². The minimum absolute atomic E-state index is 0.0548. The fourth-order valence-corrected chi connectivity index (χ4v) is 4.35. The van der Waals surface area contributed by atoms with Crippen LogP contribution >= 0.6 is 11.8 Å². The Morgan fingerprint density at radius 2 is 1.89 bits per heavy atom. The number of rotatable bonds is 6. The molecule has 8 heteroatoms. The minimum Gasteiger partial charge on any atom is -0.352 e. The number of thioether (sulfide) groups is 1. The Labute approximate surface area is 166 Å². The van der Waals surface area contributed by atoms with Crippen LogP contribution in [0.5, 0.6) is 0 Å². The zero-order chi connectivity index (χ0) is 20.0. The molecule has 27 heavy (non-hydrogen) atoms. The van der Waals surface area contributed by atoms with Crippen LogP contribution in [0.4, 0.5) is 0 Å². The van der Waals surface area contributed by atoms with Gasteiger partial charge in [-0.15, -0.1) is 5.10 Å². The molecule has 1 saturated heterocycles. The van der Waals surface area contributed by atoms with Crippen molar-refractivity contribution in [1.29, 1.82) is 0 Å². The summed E-state index contributed by atoms with van der Waals surface area (Å²) in [6, 6.07) is -0.825. The van der Waals surface area contributed by atoms with E-state index in [1.54, 1.807) is 0 Å². The van der Waals surface area contributed by atoms with Crippen molar-refractivity contribution >= 4 is 34.5 Å². The van der Waals surface area contributed by atoms with E-state index in [2.05, 4.69) is 15.8 Å². The van der Waals surface area contributed by atoms with Gasteiger partial charge < -0.3 is 10.2 Å². The zero-order valence-corrected chi connectivity index (χ0v) is 17.7. The summed E-state index contributed by atoms with van der Waals surface area (Å²) in [5.41, 5.74) is 2.16. The first kappa shape index (κ1) is 21.7. The maximum absolute atomic E-state index is 12.7. The molecule has 1 heterocycles. The van der Waals surface area contributed by atoms with Crippen LogP contribution in [0.15, 0.2) is 5.10 Å². The lowest BCUT2D eigenvalue weighted by Crippen LogP contribution is -2.50. The van der Waals surface area contributed by atoms with Crippen molar-refractivity contribution < 1.29 is 14.4 Å². The van der Waals surface area contributed by atoms with Gasteiger partial charge in [0.25, 0.3) is 0 Å². The second-order valence-electron chi connectivity index (χ2n) is 8.63. The molecule has 1 aliphatic heterocycles. The van der Waals surface area contributed by atoms with Crippen LogP contribution in [-0.2, 0) is 14.4 Å². The quantitative estimate of drug-likeness (QED) is 0.530. The van der Waals surface area contributed by atoms with Crippen molar-refractivity contribution in [1.82, 2.24) is 15.6 Å². The number of hydrogen-bond donors (Lipinski definition) is 2. The summed E-state index contributed by atoms with van der Waals surface area (Å²) < 4.78 is 0. The van der Waals surface area contributed by atoms with Gasteiger partial charge in [0.05, 0.1) is 6.04 Å². The van der Waals surface area contributed by atoms with Gasteiger partial charge in [-0.25, -0.2) is 5.43 Å². The first-order chi connectivity index (χ1) is 12.7. The molecule has 2 N–H and O–H groups in total. The highest BCUT2D eigenvalue weighted by Gasteiger charge is 2.33. The van der Waals surface area contributed by atoms with Crippen LogP contribution in [0.25, 0.3) is 0 Å². The molecule has 1 atom stereocenters. The molecule has 2 rings (SSSR count). The van der Waals surface area contributed by atoms with Gasteiger partial charge in [-0.2, -0.15) is 0 Å². The normalized spacial score (nSPS) is 21.2. The molecule has 152 valence electrons. The number of Topliss-reactive ketones (excluding diaryl/α,β-unsaturated/α-hetero) is 1. The third-order valence-electron chi connectivity index (χ3n) is 4.89. The van der Waals surface area contributed by atoms with E-state index < -0.39 is 17.7 Å². The standard InChI is InChI=1S/C19H32N4O3S/c1-19(2,3)12-14(20-16(25)13-8-6-5-7-9-13)15(24)17(26)21-22-18-23(4)10-11-27-18/h13-14H,5-12H2,1-4H3,(H,20,25)(H,21,26)/t14-/m1/s1. The number of nitrogens with zero attached hydrogens (tertiary/aromatic N) is 2. The lowest BCUT2D eigenvalue weighted by atomic mass is 9.85. The molecule has 0 aromatic carbocycles. The minimum atomic E-state index is -0.825. The number of carbonyl (C=O) groups is 3. The number of hydrogen-bond acceptors (Lipinski definition) is 5. The summed E-state index contributed by atoms with van der Waals surface area (Å²) in [6.07, 6.45) is 5.35. The average Bonchev–Trinajstić information content (AvgIpc) is 3.03. The molecular weight excluding hydrogens is 364 g/mol. The van der Waals surface area contributed by atoms with Gasteiger partial charge in [0.15, 0.2) is 5.17 Å². The van der Waals surface area contributed by atoms with Crippen molar-refractivity contribution in [3.05, 3.63) is 0 Å². The molecule has 2 fully saturated rings. The van der Waals surface area contributed by atoms with Crippen molar-refractivity contribution in [3.63, 3.8) is 0 Å². The highest BCUT2D eigenvalue weighted by atomic mass is 32.2. The van der Waals surface area contributed by atoms with E-state index in [0.717, 1.165) is 44.4 Å². The monoisotopic (exact) mass is 396 g/mol. The summed E-state index contributed by atoms with van der Waals surface area (Å²) in [5, 5.41) is 7.58. The van der Waals surface area contributed by atoms with Crippen LogP contribution < -0.4 is 10.7 Å². The first-order valence-electron chi connectivity index (χ1n) is 9.73. The van der Waals surface area contributed by atoms with Crippen LogP contribution in [0.1, 0.15) is 59.3 Å². The van der Waals surface area contributed by atoms with E-state index in [0.29, 0.717) is 11.6 Å². The van der Waals surface area contributed by atoms with Gasteiger partial charge in [-0.3, -0.25) is 14.4 Å². The second kappa shape index (κ2) is 9.57. The lowest BCUT2D eigenvalue weighted by Gasteiger charge is -2.28. The van der Waals surface area contributed by atoms with Gasteiger partial charge in [0, 0.05) is 25.3 Å². The van der Waals surface area contributed by atoms with Crippen LogP contribution in [0.2, 0.25) is 0 Å². The molecule has 7 nitrogen and oxygen atoms in total.